The Balaban J connectivity index is 1.44. The fourth-order valence-corrected chi connectivity index (χ4v) is 2.99. The molecule has 0 radical (unpaired) electrons. The first kappa shape index (κ1) is 19.3. The molecule has 3 aromatic rings. The average molecular weight is 406 g/mol. The second-order valence-electron chi connectivity index (χ2n) is 6.91. The number of anilines is 1. The minimum atomic E-state index is -0.674. The van der Waals surface area contributed by atoms with Crippen molar-refractivity contribution < 1.29 is 19.2 Å². The zero-order valence-electron chi connectivity index (χ0n) is 15.9. The van der Waals surface area contributed by atoms with Gasteiger partial charge in [-0.05, 0) is 37.1 Å². The largest absolute Gasteiger partial charge is 0.451 e. The van der Waals surface area contributed by atoms with Gasteiger partial charge in [0.05, 0.1) is 16.3 Å². The number of nitrogens with one attached hydrogen (secondary N) is 1. The lowest BCUT2D eigenvalue weighted by atomic mass is 10.2. The SMILES string of the molecule is O=C(COC(=O)c1cc(C2CC2)nn1-c1ccccc1)Nc1cccc([N+](=O)[O-])c1. The van der Waals surface area contributed by atoms with E-state index in [1.54, 1.807) is 6.07 Å². The Bertz CT molecular complexity index is 1110. The first-order valence-corrected chi connectivity index (χ1v) is 9.38. The molecule has 1 aliphatic carbocycles. The lowest BCUT2D eigenvalue weighted by Crippen LogP contribution is -2.22. The van der Waals surface area contributed by atoms with Crippen LogP contribution in [0.5, 0.6) is 0 Å². The highest BCUT2D eigenvalue weighted by Crippen LogP contribution is 2.39. The Kier molecular flexibility index (Phi) is 5.25. The van der Waals surface area contributed by atoms with Crippen molar-refractivity contribution in [3.8, 4) is 5.69 Å². The highest BCUT2D eigenvalue weighted by molar-refractivity contribution is 5.95. The zero-order chi connectivity index (χ0) is 21.1. The second-order valence-corrected chi connectivity index (χ2v) is 6.91. The van der Waals surface area contributed by atoms with Crippen LogP contribution in [0, 0.1) is 10.1 Å². The van der Waals surface area contributed by atoms with E-state index in [2.05, 4.69) is 10.4 Å². The molecule has 0 atom stereocenters. The van der Waals surface area contributed by atoms with E-state index in [1.165, 1.54) is 28.9 Å². The third-order valence-electron chi connectivity index (χ3n) is 4.61. The van der Waals surface area contributed by atoms with Crippen LogP contribution in [-0.4, -0.2) is 33.2 Å². The van der Waals surface area contributed by atoms with Crippen molar-refractivity contribution in [2.75, 3.05) is 11.9 Å². The number of amides is 1. The maximum absolute atomic E-state index is 12.6. The number of ether oxygens (including phenoxy) is 1. The minimum Gasteiger partial charge on any atom is -0.451 e. The third-order valence-corrected chi connectivity index (χ3v) is 4.61. The highest BCUT2D eigenvalue weighted by atomic mass is 16.6. The normalized spacial score (nSPS) is 12.9. The van der Waals surface area contributed by atoms with E-state index < -0.39 is 23.4 Å². The van der Waals surface area contributed by atoms with Gasteiger partial charge in [-0.15, -0.1) is 0 Å². The molecule has 9 heteroatoms. The van der Waals surface area contributed by atoms with Gasteiger partial charge in [0.2, 0.25) is 0 Å². The monoisotopic (exact) mass is 406 g/mol. The summed E-state index contributed by atoms with van der Waals surface area (Å²) in [6.07, 6.45) is 2.07. The molecule has 9 nitrogen and oxygen atoms in total. The second kappa shape index (κ2) is 8.16. The molecule has 0 saturated heterocycles. The molecule has 0 bridgehead atoms. The zero-order valence-corrected chi connectivity index (χ0v) is 15.9. The van der Waals surface area contributed by atoms with Gasteiger partial charge in [-0.3, -0.25) is 14.9 Å². The van der Waals surface area contributed by atoms with Crippen LogP contribution >= 0.6 is 0 Å². The predicted octanol–water partition coefficient (Wildman–Crippen LogP) is 3.45. The van der Waals surface area contributed by atoms with Crippen molar-refractivity contribution in [1.82, 2.24) is 9.78 Å². The summed E-state index contributed by atoms with van der Waals surface area (Å²) in [6, 6.07) is 16.4. The Morgan fingerprint density at radius 2 is 1.90 bits per heavy atom. The van der Waals surface area contributed by atoms with E-state index >= 15 is 0 Å². The number of para-hydroxylation sites is 1. The van der Waals surface area contributed by atoms with E-state index in [9.17, 15) is 19.7 Å². The summed E-state index contributed by atoms with van der Waals surface area (Å²) in [7, 11) is 0. The number of rotatable bonds is 7. The Labute approximate surface area is 171 Å². The van der Waals surface area contributed by atoms with Gasteiger partial charge in [0.25, 0.3) is 11.6 Å². The number of non-ortho nitro benzene ring substituents is 1. The summed E-state index contributed by atoms with van der Waals surface area (Å²) in [4.78, 5) is 35.0. The van der Waals surface area contributed by atoms with Crippen LogP contribution in [-0.2, 0) is 9.53 Å². The number of carbonyl (C=O) groups is 2. The van der Waals surface area contributed by atoms with Gasteiger partial charge in [-0.1, -0.05) is 24.3 Å². The lowest BCUT2D eigenvalue weighted by Gasteiger charge is -2.08. The third kappa shape index (κ3) is 4.35. The molecule has 1 aromatic heterocycles. The number of benzene rings is 2. The van der Waals surface area contributed by atoms with Crippen LogP contribution in [0.1, 0.15) is 34.9 Å². The molecule has 2 aromatic carbocycles. The molecular formula is C21H18N4O5. The predicted molar refractivity (Wildman–Crippen MR) is 108 cm³/mol. The number of nitro groups is 1. The molecule has 1 fully saturated rings. The molecule has 0 spiro atoms. The Morgan fingerprint density at radius 3 is 2.60 bits per heavy atom. The number of nitro benzene ring substituents is 1. The van der Waals surface area contributed by atoms with Crippen LogP contribution in [0.3, 0.4) is 0 Å². The van der Waals surface area contributed by atoms with Crippen molar-refractivity contribution in [2.45, 2.75) is 18.8 Å². The summed E-state index contributed by atoms with van der Waals surface area (Å²) < 4.78 is 6.69. The molecule has 4 rings (SSSR count). The molecule has 30 heavy (non-hydrogen) atoms. The van der Waals surface area contributed by atoms with E-state index in [-0.39, 0.29) is 17.1 Å². The molecule has 1 heterocycles. The van der Waals surface area contributed by atoms with Crippen LogP contribution < -0.4 is 5.32 Å². The molecule has 1 amide bonds. The minimum absolute atomic E-state index is 0.149. The maximum Gasteiger partial charge on any atom is 0.357 e. The first-order chi connectivity index (χ1) is 14.5. The molecule has 1 saturated carbocycles. The van der Waals surface area contributed by atoms with Gasteiger partial charge in [0.1, 0.15) is 0 Å². The smallest absolute Gasteiger partial charge is 0.357 e. The van der Waals surface area contributed by atoms with E-state index in [0.717, 1.165) is 24.2 Å². The number of esters is 1. The topological polar surface area (TPSA) is 116 Å². The Hall–Kier alpha value is -4.01. The van der Waals surface area contributed by atoms with E-state index in [0.29, 0.717) is 5.92 Å². The number of hydrogen-bond donors (Lipinski definition) is 1. The standard InChI is InChI=1S/C21H18N4O5/c26-20(22-15-5-4-8-17(11-15)25(28)29)13-30-21(27)19-12-18(14-9-10-14)23-24(19)16-6-2-1-3-7-16/h1-8,11-12,14H,9-10,13H2,(H,22,26). The van der Waals surface area contributed by atoms with Gasteiger partial charge in [-0.25, -0.2) is 9.48 Å². The molecule has 0 unspecified atom stereocenters. The average Bonchev–Trinajstić information content (AvgIpc) is 3.51. The summed E-state index contributed by atoms with van der Waals surface area (Å²) in [5, 5.41) is 17.8. The fraction of sp³-hybridized carbons (Fsp3) is 0.190. The maximum atomic E-state index is 12.6. The number of aromatic nitrogens is 2. The van der Waals surface area contributed by atoms with Crippen molar-refractivity contribution in [2.24, 2.45) is 0 Å². The molecule has 152 valence electrons. The van der Waals surface area contributed by atoms with Gasteiger partial charge in [0, 0.05) is 23.7 Å². The molecule has 0 aliphatic heterocycles. The van der Waals surface area contributed by atoms with Crippen molar-refractivity contribution >= 4 is 23.3 Å². The fourth-order valence-electron chi connectivity index (χ4n) is 2.99. The lowest BCUT2D eigenvalue weighted by molar-refractivity contribution is -0.384. The summed E-state index contributed by atoms with van der Waals surface area (Å²) >= 11 is 0. The first-order valence-electron chi connectivity index (χ1n) is 9.38. The van der Waals surface area contributed by atoms with E-state index in [4.69, 9.17) is 4.74 Å². The van der Waals surface area contributed by atoms with Gasteiger partial charge in [0.15, 0.2) is 12.3 Å². The van der Waals surface area contributed by atoms with Crippen molar-refractivity contribution in [1.29, 1.82) is 0 Å². The summed E-state index contributed by atoms with van der Waals surface area (Å²) in [6.45, 7) is -0.528. The number of carbonyl (C=O) groups excluding carboxylic acids is 2. The van der Waals surface area contributed by atoms with Crippen LogP contribution in [0.2, 0.25) is 0 Å². The van der Waals surface area contributed by atoms with Gasteiger partial charge in [-0.2, -0.15) is 5.10 Å². The highest BCUT2D eigenvalue weighted by Gasteiger charge is 2.29. The van der Waals surface area contributed by atoms with E-state index in [1.807, 2.05) is 30.3 Å². The number of hydrogen-bond acceptors (Lipinski definition) is 6. The van der Waals surface area contributed by atoms with Crippen LogP contribution in [0.25, 0.3) is 5.69 Å². The summed E-state index contributed by atoms with van der Waals surface area (Å²) in [5.74, 6) is -0.928. The van der Waals surface area contributed by atoms with Crippen molar-refractivity contribution in [3.63, 3.8) is 0 Å². The van der Waals surface area contributed by atoms with Crippen LogP contribution in [0.4, 0.5) is 11.4 Å². The van der Waals surface area contributed by atoms with Gasteiger partial charge >= 0.3 is 5.97 Å². The van der Waals surface area contributed by atoms with Crippen LogP contribution in [0.15, 0.2) is 60.7 Å². The molecule has 1 N–H and O–H groups in total. The molecular weight excluding hydrogens is 388 g/mol. The van der Waals surface area contributed by atoms with Gasteiger partial charge < -0.3 is 10.1 Å². The molecule has 1 aliphatic rings. The van der Waals surface area contributed by atoms with Crippen molar-refractivity contribution in [3.05, 3.63) is 82.2 Å². The summed E-state index contributed by atoms with van der Waals surface area (Å²) in [5.41, 5.74) is 1.88. The Morgan fingerprint density at radius 1 is 1.13 bits per heavy atom. The quantitative estimate of drug-likeness (QED) is 0.365. The number of nitrogens with zero attached hydrogens (tertiary/aromatic N) is 3.